The normalized spacial score (nSPS) is 30.7. The molecule has 3 aliphatic rings. The van der Waals surface area contributed by atoms with Crippen molar-refractivity contribution in [2.75, 3.05) is 25.0 Å². The number of hydrogen-bond donors (Lipinski definition) is 2. The Kier molecular flexibility index (Phi) is 4.56. The van der Waals surface area contributed by atoms with E-state index in [9.17, 15) is 0 Å². The summed E-state index contributed by atoms with van der Waals surface area (Å²) in [5, 5.41) is 7.31. The zero-order valence-electron chi connectivity index (χ0n) is 12.3. The lowest BCUT2D eigenvalue weighted by Gasteiger charge is -2.49. The van der Waals surface area contributed by atoms with Gasteiger partial charge in [0, 0.05) is 24.8 Å². The summed E-state index contributed by atoms with van der Waals surface area (Å²) in [5.74, 6) is 1.50. The zero-order chi connectivity index (χ0) is 14.7. The third kappa shape index (κ3) is 3.44. The van der Waals surface area contributed by atoms with Crippen molar-refractivity contribution in [1.29, 1.82) is 0 Å². The van der Waals surface area contributed by atoms with Crippen LogP contribution in [0.25, 0.3) is 0 Å². The summed E-state index contributed by atoms with van der Waals surface area (Å²) in [4.78, 5) is 2.59. The van der Waals surface area contributed by atoms with Gasteiger partial charge in [-0.15, -0.1) is 6.58 Å². The van der Waals surface area contributed by atoms with E-state index in [1.807, 2.05) is 30.3 Å². The second-order valence-corrected chi connectivity index (χ2v) is 6.44. The van der Waals surface area contributed by atoms with Crippen LogP contribution in [-0.2, 0) is 0 Å². The van der Waals surface area contributed by atoms with Crippen LogP contribution in [0.5, 0.6) is 0 Å². The molecular formula is C17H23N3S. The fourth-order valence-corrected chi connectivity index (χ4v) is 3.77. The summed E-state index contributed by atoms with van der Waals surface area (Å²) in [6, 6.07) is 10.7. The molecule has 3 heterocycles. The number of nitrogens with zero attached hydrogens (tertiary/aromatic N) is 1. The third-order valence-electron chi connectivity index (χ3n) is 4.76. The van der Waals surface area contributed by atoms with Crippen molar-refractivity contribution in [3.05, 3.63) is 43.0 Å². The molecule has 0 spiro atoms. The SMILES string of the molecule is C=C[C@H]1CN2CC[C@H]1C[C@@H]2CNC(=S)Nc1ccccc1. The highest BCUT2D eigenvalue weighted by atomic mass is 32.1. The Balaban J connectivity index is 1.48. The van der Waals surface area contributed by atoms with E-state index in [4.69, 9.17) is 12.2 Å². The van der Waals surface area contributed by atoms with Crippen LogP contribution in [0.4, 0.5) is 5.69 Å². The summed E-state index contributed by atoms with van der Waals surface area (Å²) in [6.07, 6.45) is 4.72. The van der Waals surface area contributed by atoms with Gasteiger partial charge in [-0.1, -0.05) is 24.3 Å². The largest absolute Gasteiger partial charge is 0.361 e. The van der Waals surface area contributed by atoms with Crippen molar-refractivity contribution in [2.45, 2.75) is 18.9 Å². The Bertz CT molecular complexity index is 502. The molecule has 0 saturated carbocycles. The molecule has 0 radical (unpaired) electrons. The number of fused-ring (bicyclic) bond motifs is 3. The first-order valence-corrected chi connectivity index (χ1v) is 8.13. The van der Waals surface area contributed by atoms with Gasteiger partial charge in [0.05, 0.1) is 0 Å². The third-order valence-corrected chi connectivity index (χ3v) is 5.01. The second kappa shape index (κ2) is 6.58. The maximum atomic E-state index is 5.38. The zero-order valence-corrected chi connectivity index (χ0v) is 13.1. The Morgan fingerprint density at radius 3 is 2.86 bits per heavy atom. The van der Waals surface area contributed by atoms with Gasteiger partial charge in [0.25, 0.3) is 0 Å². The highest BCUT2D eigenvalue weighted by Gasteiger charge is 2.38. The van der Waals surface area contributed by atoms with E-state index in [0.717, 1.165) is 18.2 Å². The van der Waals surface area contributed by atoms with Crippen molar-refractivity contribution in [1.82, 2.24) is 10.2 Å². The van der Waals surface area contributed by atoms with Crippen LogP contribution in [-0.4, -0.2) is 35.7 Å². The summed E-state index contributed by atoms with van der Waals surface area (Å²) in [6.45, 7) is 7.29. The van der Waals surface area contributed by atoms with Crippen molar-refractivity contribution >= 4 is 23.0 Å². The fourth-order valence-electron chi connectivity index (χ4n) is 3.57. The van der Waals surface area contributed by atoms with Crippen LogP contribution < -0.4 is 10.6 Å². The molecule has 3 aliphatic heterocycles. The van der Waals surface area contributed by atoms with Gasteiger partial charge in [-0.25, -0.2) is 0 Å². The minimum atomic E-state index is 0.607. The number of benzene rings is 1. The number of nitrogens with one attached hydrogen (secondary N) is 2. The van der Waals surface area contributed by atoms with Gasteiger partial charge in [-0.3, -0.25) is 4.90 Å². The Labute approximate surface area is 132 Å². The lowest BCUT2D eigenvalue weighted by molar-refractivity contribution is 0.0215. The number of para-hydroxylation sites is 1. The first-order chi connectivity index (χ1) is 10.3. The molecule has 4 heteroatoms. The number of piperidine rings is 3. The first-order valence-electron chi connectivity index (χ1n) is 7.73. The molecule has 1 aromatic carbocycles. The van der Waals surface area contributed by atoms with Crippen molar-refractivity contribution in [2.24, 2.45) is 11.8 Å². The van der Waals surface area contributed by atoms with E-state index >= 15 is 0 Å². The Morgan fingerprint density at radius 2 is 2.19 bits per heavy atom. The van der Waals surface area contributed by atoms with Crippen LogP contribution in [0, 0.1) is 11.8 Å². The van der Waals surface area contributed by atoms with E-state index in [-0.39, 0.29) is 0 Å². The summed E-state index contributed by atoms with van der Waals surface area (Å²) in [5.41, 5.74) is 1.03. The summed E-state index contributed by atoms with van der Waals surface area (Å²) in [7, 11) is 0. The first kappa shape index (κ1) is 14.5. The molecule has 3 saturated heterocycles. The van der Waals surface area contributed by atoms with Crippen LogP contribution in [0.15, 0.2) is 43.0 Å². The van der Waals surface area contributed by atoms with E-state index in [1.54, 1.807) is 0 Å². The predicted molar refractivity (Wildman–Crippen MR) is 92.4 cm³/mol. The molecule has 4 atom stereocenters. The van der Waals surface area contributed by atoms with Gasteiger partial charge < -0.3 is 10.6 Å². The summed E-state index contributed by atoms with van der Waals surface area (Å²) >= 11 is 5.38. The van der Waals surface area contributed by atoms with Gasteiger partial charge in [-0.05, 0) is 55.6 Å². The van der Waals surface area contributed by atoms with E-state index in [1.165, 1.54) is 25.9 Å². The molecule has 3 nitrogen and oxygen atoms in total. The quantitative estimate of drug-likeness (QED) is 0.660. The Morgan fingerprint density at radius 1 is 1.38 bits per heavy atom. The molecule has 3 fully saturated rings. The van der Waals surface area contributed by atoms with Crippen LogP contribution >= 0.6 is 12.2 Å². The lowest BCUT2D eigenvalue weighted by atomic mass is 9.76. The molecule has 2 bridgehead atoms. The average molecular weight is 301 g/mol. The topological polar surface area (TPSA) is 27.3 Å². The minimum Gasteiger partial charge on any atom is -0.361 e. The molecule has 0 amide bonds. The molecule has 4 rings (SSSR count). The van der Waals surface area contributed by atoms with Gasteiger partial charge in [0.1, 0.15) is 0 Å². The highest BCUT2D eigenvalue weighted by molar-refractivity contribution is 7.80. The minimum absolute atomic E-state index is 0.607. The summed E-state index contributed by atoms with van der Waals surface area (Å²) < 4.78 is 0. The van der Waals surface area contributed by atoms with Crippen LogP contribution in [0.3, 0.4) is 0 Å². The van der Waals surface area contributed by atoms with E-state index in [2.05, 4.69) is 28.2 Å². The lowest BCUT2D eigenvalue weighted by Crippen LogP contribution is -2.56. The molecule has 0 aromatic heterocycles. The molecule has 1 aromatic rings. The molecule has 2 N–H and O–H groups in total. The average Bonchev–Trinajstić information content (AvgIpc) is 2.54. The van der Waals surface area contributed by atoms with Gasteiger partial charge in [0.15, 0.2) is 5.11 Å². The molecule has 112 valence electrons. The second-order valence-electron chi connectivity index (χ2n) is 6.03. The number of hydrogen-bond acceptors (Lipinski definition) is 2. The standard InChI is InChI=1S/C17H23N3S/c1-2-13-12-20-9-8-14(13)10-16(20)11-18-17(21)19-15-6-4-3-5-7-15/h2-7,13-14,16H,1,8-12H2,(H2,18,19,21)/t13-,14-,16+/m0/s1. The van der Waals surface area contributed by atoms with Crippen LogP contribution in [0.1, 0.15) is 12.8 Å². The van der Waals surface area contributed by atoms with Crippen LogP contribution in [0.2, 0.25) is 0 Å². The smallest absolute Gasteiger partial charge is 0.170 e. The maximum absolute atomic E-state index is 5.38. The molecule has 1 unspecified atom stereocenters. The van der Waals surface area contributed by atoms with Crippen molar-refractivity contribution in [3.8, 4) is 0 Å². The monoisotopic (exact) mass is 301 g/mol. The molecule has 0 aliphatic carbocycles. The Hall–Kier alpha value is -1.39. The van der Waals surface area contributed by atoms with E-state index < -0.39 is 0 Å². The van der Waals surface area contributed by atoms with Gasteiger partial charge >= 0.3 is 0 Å². The highest BCUT2D eigenvalue weighted by Crippen LogP contribution is 2.36. The molecule has 21 heavy (non-hydrogen) atoms. The number of rotatable bonds is 4. The van der Waals surface area contributed by atoms with E-state index in [0.29, 0.717) is 17.1 Å². The number of anilines is 1. The maximum Gasteiger partial charge on any atom is 0.170 e. The molecular weight excluding hydrogens is 278 g/mol. The van der Waals surface area contributed by atoms with Crippen molar-refractivity contribution < 1.29 is 0 Å². The van der Waals surface area contributed by atoms with Crippen molar-refractivity contribution in [3.63, 3.8) is 0 Å². The fraction of sp³-hybridized carbons (Fsp3) is 0.471. The van der Waals surface area contributed by atoms with Gasteiger partial charge in [0.2, 0.25) is 0 Å². The number of thiocarbonyl (C=S) groups is 1. The predicted octanol–water partition coefficient (Wildman–Crippen LogP) is 2.87. The van der Waals surface area contributed by atoms with Gasteiger partial charge in [-0.2, -0.15) is 0 Å².